The van der Waals surface area contributed by atoms with Gasteiger partial charge in [-0.15, -0.1) is 0 Å². The zero-order valence-corrected chi connectivity index (χ0v) is 12.7. The molecule has 114 valence electrons. The number of carboxylic acids is 1. The summed E-state index contributed by atoms with van der Waals surface area (Å²) in [5.74, 6) is -1.10. The largest absolute Gasteiger partial charge is 0.478 e. The third kappa shape index (κ3) is 3.42. The molecule has 5 heteroatoms. The molecule has 3 atom stereocenters. The third-order valence-electron chi connectivity index (χ3n) is 4.22. The van der Waals surface area contributed by atoms with Gasteiger partial charge >= 0.3 is 5.97 Å². The van der Waals surface area contributed by atoms with E-state index in [4.69, 9.17) is 5.11 Å². The van der Waals surface area contributed by atoms with E-state index in [0.717, 1.165) is 12.8 Å². The number of likely N-dealkylation sites (tertiary alicyclic amines) is 1. The molecular weight excluding hydrogens is 268 g/mol. The van der Waals surface area contributed by atoms with Crippen molar-refractivity contribution in [3.63, 3.8) is 0 Å². The predicted octanol–water partition coefficient (Wildman–Crippen LogP) is 2.58. The Morgan fingerprint density at radius 1 is 1.29 bits per heavy atom. The van der Waals surface area contributed by atoms with Crippen molar-refractivity contribution in [3.05, 3.63) is 29.8 Å². The van der Waals surface area contributed by atoms with Crippen LogP contribution in [0.1, 0.15) is 44.0 Å². The van der Waals surface area contributed by atoms with Gasteiger partial charge in [-0.3, -0.25) is 9.69 Å². The highest BCUT2D eigenvalue weighted by atomic mass is 16.4. The van der Waals surface area contributed by atoms with Gasteiger partial charge in [0.2, 0.25) is 5.91 Å². The molecule has 1 amide bonds. The Balaban J connectivity index is 2.07. The fraction of sp³-hybridized carbons (Fsp3) is 0.500. The number of nitrogens with zero attached hydrogens (tertiary/aromatic N) is 1. The monoisotopic (exact) mass is 290 g/mol. The summed E-state index contributed by atoms with van der Waals surface area (Å²) in [6.07, 6.45) is 2.21. The van der Waals surface area contributed by atoms with Crippen molar-refractivity contribution in [2.45, 2.75) is 51.7 Å². The second-order valence-corrected chi connectivity index (χ2v) is 5.77. The third-order valence-corrected chi connectivity index (χ3v) is 4.22. The molecule has 0 aromatic heterocycles. The molecule has 0 bridgehead atoms. The van der Waals surface area contributed by atoms with E-state index >= 15 is 0 Å². The van der Waals surface area contributed by atoms with E-state index in [2.05, 4.69) is 24.1 Å². The maximum absolute atomic E-state index is 12.4. The summed E-state index contributed by atoms with van der Waals surface area (Å²) in [6.45, 7) is 6.17. The van der Waals surface area contributed by atoms with Crippen LogP contribution in [0.15, 0.2) is 24.3 Å². The molecule has 0 aliphatic carbocycles. The summed E-state index contributed by atoms with van der Waals surface area (Å²) in [4.78, 5) is 25.5. The number of hydrogen-bond donors (Lipinski definition) is 2. The van der Waals surface area contributed by atoms with E-state index < -0.39 is 5.97 Å². The van der Waals surface area contributed by atoms with Crippen LogP contribution < -0.4 is 5.32 Å². The van der Waals surface area contributed by atoms with E-state index in [0.29, 0.717) is 17.8 Å². The molecule has 0 spiro atoms. The van der Waals surface area contributed by atoms with Gasteiger partial charge in [0.05, 0.1) is 11.6 Å². The van der Waals surface area contributed by atoms with Gasteiger partial charge in [0, 0.05) is 17.8 Å². The van der Waals surface area contributed by atoms with Gasteiger partial charge < -0.3 is 10.4 Å². The minimum Gasteiger partial charge on any atom is -0.478 e. The molecule has 1 aromatic rings. The van der Waals surface area contributed by atoms with Gasteiger partial charge in [-0.1, -0.05) is 6.07 Å². The summed E-state index contributed by atoms with van der Waals surface area (Å²) in [7, 11) is 0. The molecule has 0 radical (unpaired) electrons. The van der Waals surface area contributed by atoms with E-state index in [1.54, 1.807) is 12.1 Å². The van der Waals surface area contributed by atoms with Crippen LogP contribution in [0.4, 0.5) is 5.69 Å². The fourth-order valence-corrected chi connectivity index (χ4v) is 3.09. The number of amides is 1. The van der Waals surface area contributed by atoms with Crippen LogP contribution >= 0.6 is 0 Å². The summed E-state index contributed by atoms with van der Waals surface area (Å²) in [5.41, 5.74) is 0.689. The number of carboxylic acid groups (broad SMARTS) is 1. The van der Waals surface area contributed by atoms with Crippen molar-refractivity contribution in [1.82, 2.24) is 4.90 Å². The molecule has 1 fully saturated rings. The highest BCUT2D eigenvalue weighted by Gasteiger charge is 2.34. The van der Waals surface area contributed by atoms with Crippen LogP contribution in [0, 0.1) is 0 Å². The molecule has 1 aliphatic rings. The predicted molar refractivity (Wildman–Crippen MR) is 81.5 cm³/mol. The number of rotatable bonds is 4. The highest BCUT2D eigenvalue weighted by molar-refractivity contribution is 5.96. The smallest absolute Gasteiger partial charge is 0.335 e. The van der Waals surface area contributed by atoms with Gasteiger partial charge in [0.1, 0.15) is 0 Å². The second-order valence-electron chi connectivity index (χ2n) is 5.77. The maximum Gasteiger partial charge on any atom is 0.335 e. The first-order chi connectivity index (χ1) is 9.90. The first-order valence-electron chi connectivity index (χ1n) is 7.32. The van der Waals surface area contributed by atoms with E-state index in [1.165, 1.54) is 12.1 Å². The molecule has 1 saturated heterocycles. The zero-order chi connectivity index (χ0) is 15.6. The molecule has 1 aromatic carbocycles. The average Bonchev–Trinajstić information content (AvgIpc) is 2.77. The summed E-state index contributed by atoms with van der Waals surface area (Å²) >= 11 is 0. The quantitative estimate of drug-likeness (QED) is 0.894. The number of carbonyl (C=O) groups excluding carboxylic acids is 1. The minimum atomic E-state index is -0.999. The molecule has 2 rings (SSSR count). The Morgan fingerprint density at radius 2 is 1.90 bits per heavy atom. The maximum atomic E-state index is 12.4. The lowest BCUT2D eigenvalue weighted by Gasteiger charge is -2.31. The number of nitrogens with one attached hydrogen (secondary N) is 1. The molecule has 1 aliphatic heterocycles. The van der Waals surface area contributed by atoms with Crippen molar-refractivity contribution in [2.24, 2.45) is 0 Å². The van der Waals surface area contributed by atoms with Gasteiger partial charge in [0.25, 0.3) is 0 Å². The average molecular weight is 290 g/mol. The lowest BCUT2D eigenvalue weighted by Crippen LogP contribution is -2.46. The summed E-state index contributed by atoms with van der Waals surface area (Å²) in [5, 5.41) is 11.8. The normalized spacial score (nSPS) is 23.8. The Kier molecular flexibility index (Phi) is 4.63. The van der Waals surface area contributed by atoms with Gasteiger partial charge in [-0.2, -0.15) is 0 Å². The number of hydrogen-bond acceptors (Lipinski definition) is 3. The second kappa shape index (κ2) is 6.26. The van der Waals surface area contributed by atoms with Gasteiger partial charge in [-0.25, -0.2) is 4.79 Å². The Morgan fingerprint density at radius 3 is 2.48 bits per heavy atom. The van der Waals surface area contributed by atoms with E-state index in [9.17, 15) is 9.59 Å². The van der Waals surface area contributed by atoms with Crippen LogP contribution in [-0.4, -0.2) is 40.0 Å². The molecule has 3 unspecified atom stereocenters. The van der Waals surface area contributed by atoms with E-state index in [-0.39, 0.29) is 17.5 Å². The van der Waals surface area contributed by atoms with Crippen LogP contribution in [-0.2, 0) is 4.79 Å². The SMILES string of the molecule is CC1CCC(C)N1C(C)C(=O)Nc1cccc(C(=O)O)c1. The first-order valence-corrected chi connectivity index (χ1v) is 7.32. The van der Waals surface area contributed by atoms with Crippen molar-refractivity contribution in [2.75, 3.05) is 5.32 Å². The number of carbonyl (C=O) groups is 2. The molecule has 2 N–H and O–H groups in total. The minimum absolute atomic E-state index is 0.0989. The first kappa shape index (κ1) is 15.5. The number of anilines is 1. The Hall–Kier alpha value is -1.88. The van der Waals surface area contributed by atoms with Gasteiger partial charge in [-0.05, 0) is 51.8 Å². The molecule has 0 saturated carbocycles. The molecular formula is C16H22N2O3. The van der Waals surface area contributed by atoms with Crippen LogP contribution in [0.5, 0.6) is 0 Å². The topological polar surface area (TPSA) is 69.6 Å². The van der Waals surface area contributed by atoms with E-state index in [1.807, 2.05) is 6.92 Å². The van der Waals surface area contributed by atoms with Crippen LogP contribution in [0.3, 0.4) is 0 Å². The number of aromatic carboxylic acids is 1. The van der Waals surface area contributed by atoms with Crippen molar-refractivity contribution >= 4 is 17.6 Å². The van der Waals surface area contributed by atoms with Crippen LogP contribution in [0.25, 0.3) is 0 Å². The lowest BCUT2D eigenvalue weighted by atomic mass is 10.1. The summed E-state index contributed by atoms with van der Waals surface area (Å²) in [6, 6.07) is 6.87. The standard InChI is InChI=1S/C16H22N2O3/c1-10-7-8-11(2)18(10)12(3)15(19)17-14-6-4-5-13(9-14)16(20)21/h4-6,9-12H,7-8H2,1-3H3,(H,17,19)(H,20,21). The Labute approximate surface area is 125 Å². The lowest BCUT2D eigenvalue weighted by molar-refractivity contribution is -0.121. The van der Waals surface area contributed by atoms with Crippen molar-refractivity contribution in [3.8, 4) is 0 Å². The molecule has 21 heavy (non-hydrogen) atoms. The highest BCUT2D eigenvalue weighted by Crippen LogP contribution is 2.26. The number of benzene rings is 1. The molecule has 1 heterocycles. The summed E-state index contributed by atoms with van der Waals surface area (Å²) < 4.78 is 0. The zero-order valence-electron chi connectivity index (χ0n) is 12.7. The van der Waals surface area contributed by atoms with Crippen molar-refractivity contribution in [1.29, 1.82) is 0 Å². The Bertz CT molecular complexity index is 534. The van der Waals surface area contributed by atoms with Gasteiger partial charge in [0.15, 0.2) is 0 Å². The molecule has 5 nitrogen and oxygen atoms in total. The van der Waals surface area contributed by atoms with Crippen molar-refractivity contribution < 1.29 is 14.7 Å². The van der Waals surface area contributed by atoms with Crippen LogP contribution in [0.2, 0.25) is 0 Å². The fourth-order valence-electron chi connectivity index (χ4n) is 3.09.